The number of oxime groups is 1. The van der Waals surface area contributed by atoms with Crippen LogP contribution in [-0.4, -0.2) is 12.8 Å². The fourth-order valence-corrected chi connectivity index (χ4v) is 3.36. The largest absolute Gasteiger partial charge is 0.399 e. The number of hydrogen-bond acceptors (Lipinski definition) is 2. The van der Waals surface area contributed by atoms with Gasteiger partial charge in [0, 0.05) is 10.8 Å². The Morgan fingerprint density at radius 1 is 1.38 bits per heavy atom. The minimum atomic E-state index is 0.267. The molecule has 74 valence electrons. The lowest BCUT2D eigenvalue weighted by Crippen LogP contribution is -2.35. The van der Waals surface area contributed by atoms with Gasteiger partial charge in [0.2, 0.25) is 0 Å². The van der Waals surface area contributed by atoms with E-state index in [1.54, 1.807) is 7.11 Å². The van der Waals surface area contributed by atoms with Crippen LogP contribution >= 0.6 is 0 Å². The minimum Gasteiger partial charge on any atom is -0.399 e. The van der Waals surface area contributed by atoms with Crippen molar-refractivity contribution in [2.45, 2.75) is 40.0 Å². The second kappa shape index (κ2) is 2.49. The molecule has 0 aromatic carbocycles. The Labute approximate surface area is 80.3 Å². The summed E-state index contributed by atoms with van der Waals surface area (Å²) in [4.78, 5) is 4.97. The molecule has 2 atom stereocenters. The predicted molar refractivity (Wildman–Crippen MR) is 53.7 cm³/mol. The molecule has 0 aliphatic heterocycles. The van der Waals surface area contributed by atoms with E-state index < -0.39 is 0 Å². The fourth-order valence-electron chi connectivity index (χ4n) is 3.36. The van der Waals surface area contributed by atoms with Gasteiger partial charge in [-0.3, -0.25) is 0 Å². The summed E-state index contributed by atoms with van der Waals surface area (Å²) < 4.78 is 0. The van der Waals surface area contributed by atoms with Gasteiger partial charge in [0.05, 0.1) is 5.71 Å². The molecule has 0 amide bonds. The molecule has 0 heterocycles. The Morgan fingerprint density at radius 3 is 2.54 bits per heavy atom. The number of rotatable bonds is 1. The molecule has 0 aromatic heterocycles. The van der Waals surface area contributed by atoms with Gasteiger partial charge in [-0.2, -0.15) is 0 Å². The molecule has 0 spiro atoms. The molecule has 2 aliphatic carbocycles. The normalized spacial score (nSPS) is 44.3. The summed E-state index contributed by atoms with van der Waals surface area (Å²) in [6, 6.07) is 0. The van der Waals surface area contributed by atoms with E-state index in [1.807, 2.05) is 0 Å². The lowest BCUT2D eigenvalue weighted by atomic mass is 9.71. The zero-order valence-corrected chi connectivity index (χ0v) is 9.05. The summed E-state index contributed by atoms with van der Waals surface area (Å²) in [7, 11) is 1.65. The Hall–Kier alpha value is -0.530. The molecule has 2 heteroatoms. The van der Waals surface area contributed by atoms with Crippen LogP contribution in [0.1, 0.15) is 40.0 Å². The lowest BCUT2D eigenvalue weighted by Gasteiger charge is -2.34. The van der Waals surface area contributed by atoms with Crippen molar-refractivity contribution >= 4 is 5.71 Å². The van der Waals surface area contributed by atoms with E-state index in [4.69, 9.17) is 4.84 Å². The summed E-state index contributed by atoms with van der Waals surface area (Å²) in [5.74, 6) is 0.825. The van der Waals surface area contributed by atoms with Crippen LogP contribution < -0.4 is 0 Å². The average Bonchev–Trinajstić information content (AvgIpc) is 2.50. The second-order valence-electron chi connectivity index (χ2n) is 5.34. The molecule has 0 radical (unpaired) electrons. The molecular formula is C11H19NO. The van der Waals surface area contributed by atoms with Crippen molar-refractivity contribution in [3.8, 4) is 0 Å². The van der Waals surface area contributed by atoms with Crippen LogP contribution in [0, 0.1) is 16.7 Å². The van der Waals surface area contributed by atoms with Crippen molar-refractivity contribution < 1.29 is 4.84 Å². The van der Waals surface area contributed by atoms with Gasteiger partial charge in [-0.25, -0.2) is 0 Å². The zero-order chi connectivity index (χ0) is 9.69. The topological polar surface area (TPSA) is 21.6 Å². The fraction of sp³-hybridized carbons (Fsp3) is 0.909. The Balaban J connectivity index is 2.40. The maximum Gasteiger partial charge on any atom is 0.106 e. The van der Waals surface area contributed by atoms with Gasteiger partial charge < -0.3 is 4.84 Å². The summed E-state index contributed by atoms with van der Waals surface area (Å²) in [5.41, 5.74) is 1.89. The number of fused-ring (bicyclic) bond motifs is 2. The molecule has 2 saturated carbocycles. The van der Waals surface area contributed by atoms with Crippen molar-refractivity contribution in [2.75, 3.05) is 7.11 Å². The van der Waals surface area contributed by atoms with Crippen LogP contribution in [0.4, 0.5) is 0 Å². The smallest absolute Gasteiger partial charge is 0.106 e. The molecule has 2 aliphatic rings. The number of hydrogen-bond donors (Lipinski definition) is 0. The number of nitrogens with zero attached hydrogens (tertiary/aromatic N) is 1. The van der Waals surface area contributed by atoms with Crippen molar-refractivity contribution in [1.29, 1.82) is 0 Å². The third kappa shape index (κ3) is 1.04. The standard InChI is InChI=1S/C11H19NO/c1-10(2)8-5-6-11(3,7-8)9(10)12-13-4/h8H,5-7H2,1-4H3/b12-9-/t8-,11+/m0/s1. The van der Waals surface area contributed by atoms with E-state index in [9.17, 15) is 0 Å². The highest BCUT2D eigenvalue weighted by molar-refractivity contribution is 5.97. The van der Waals surface area contributed by atoms with Gasteiger partial charge in [-0.15, -0.1) is 0 Å². The van der Waals surface area contributed by atoms with E-state index in [0.717, 1.165) is 5.92 Å². The highest BCUT2D eigenvalue weighted by Crippen LogP contribution is 2.60. The molecule has 13 heavy (non-hydrogen) atoms. The first kappa shape index (κ1) is 9.04. The zero-order valence-electron chi connectivity index (χ0n) is 9.05. The first-order chi connectivity index (χ1) is 6.00. The Morgan fingerprint density at radius 2 is 2.08 bits per heavy atom. The SMILES string of the molecule is CO/N=C1/C(C)(C)[C@H]2CC[C@]1(C)C2. The lowest BCUT2D eigenvalue weighted by molar-refractivity contribution is 0.199. The van der Waals surface area contributed by atoms with E-state index >= 15 is 0 Å². The van der Waals surface area contributed by atoms with Crippen molar-refractivity contribution in [2.24, 2.45) is 21.9 Å². The van der Waals surface area contributed by atoms with Crippen LogP contribution in [0.5, 0.6) is 0 Å². The Bertz CT molecular complexity index is 250. The van der Waals surface area contributed by atoms with Crippen LogP contribution in [0.25, 0.3) is 0 Å². The van der Waals surface area contributed by atoms with Gasteiger partial charge in [0.15, 0.2) is 0 Å². The minimum absolute atomic E-state index is 0.267. The predicted octanol–water partition coefficient (Wildman–Crippen LogP) is 2.84. The van der Waals surface area contributed by atoms with Crippen LogP contribution in [0.3, 0.4) is 0 Å². The van der Waals surface area contributed by atoms with Crippen LogP contribution in [0.2, 0.25) is 0 Å². The first-order valence-electron chi connectivity index (χ1n) is 5.13. The molecule has 2 fully saturated rings. The molecule has 0 saturated heterocycles. The van der Waals surface area contributed by atoms with Crippen molar-refractivity contribution in [3.05, 3.63) is 0 Å². The highest BCUT2D eigenvalue weighted by Gasteiger charge is 2.57. The van der Waals surface area contributed by atoms with Gasteiger partial charge >= 0.3 is 0 Å². The first-order valence-corrected chi connectivity index (χ1v) is 5.13. The van der Waals surface area contributed by atoms with E-state index in [1.165, 1.54) is 25.0 Å². The van der Waals surface area contributed by atoms with Crippen molar-refractivity contribution in [3.63, 3.8) is 0 Å². The molecule has 2 nitrogen and oxygen atoms in total. The third-order valence-corrected chi connectivity index (χ3v) is 4.13. The molecular weight excluding hydrogens is 162 g/mol. The summed E-state index contributed by atoms with van der Waals surface area (Å²) in [5, 5.41) is 4.25. The van der Waals surface area contributed by atoms with Crippen LogP contribution in [0.15, 0.2) is 5.16 Å². The molecule has 2 bridgehead atoms. The van der Waals surface area contributed by atoms with Gasteiger partial charge in [-0.1, -0.05) is 25.9 Å². The van der Waals surface area contributed by atoms with E-state index in [2.05, 4.69) is 25.9 Å². The third-order valence-electron chi connectivity index (χ3n) is 4.13. The molecule has 0 aromatic rings. The van der Waals surface area contributed by atoms with E-state index in [-0.39, 0.29) is 5.41 Å². The molecule has 0 N–H and O–H groups in total. The monoisotopic (exact) mass is 181 g/mol. The molecule has 2 rings (SSSR count). The van der Waals surface area contributed by atoms with E-state index in [0.29, 0.717) is 5.41 Å². The maximum atomic E-state index is 4.97. The van der Waals surface area contributed by atoms with Gasteiger partial charge in [0.1, 0.15) is 7.11 Å². The van der Waals surface area contributed by atoms with Gasteiger partial charge in [0.25, 0.3) is 0 Å². The average molecular weight is 181 g/mol. The van der Waals surface area contributed by atoms with Gasteiger partial charge in [-0.05, 0) is 25.2 Å². The van der Waals surface area contributed by atoms with Crippen LogP contribution in [-0.2, 0) is 4.84 Å². The highest BCUT2D eigenvalue weighted by atomic mass is 16.6. The summed E-state index contributed by atoms with van der Waals surface area (Å²) >= 11 is 0. The molecule has 0 unspecified atom stereocenters. The Kier molecular flexibility index (Phi) is 1.73. The quantitative estimate of drug-likeness (QED) is 0.570. The summed E-state index contributed by atoms with van der Waals surface area (Å²) in [6.07, 6.45) is 3.97. The van der Waals surface area contributed by atoms with Crippen molar-refractivity contribution in [1.82, 2.24) is 0 Å². The summed E-state index contributed by atoms with van der Waals surface area (Å²) in [6.45, 7) is 6.94. The second-order valence-corrected chi connectivity index (χ2v) is 5.34. The maximum absolute atomic E-state index is 4.97.